The van der Waals surface area contributed by atoms with Crippen LogP contribution in [-0.4, -0.2) is 6.54 Å². The highest BCUT2D eigenvalue weighted by Gasteiger charge is 2.57. The normalized spacial score (nSPS) is 49.3. The Balaban J connectivity index is 1.93. The van der Waals surface area contributed by atoms with E-state index in [1.165, 1.54) is 25.7 Å². The lowest BCUT2D eigenvalue weighted by Crippen LogP contribution is -2.55. The Morgan fingerprint density at radius 2 is 1.50 bits per heavy atom. The molecular weight excluding hydrogens is 194 g/mol. The highest BCUT2D eigenvalue weighted by molar-refractivity contribution is 5.07. The zero-order valence-corrected chi connectivity index (χ0v) is 11.0. The van der Waals surface area contributed by atoms with Gasteiger partial charge in [0.25, 0.3) is 0 Å². The third-order valence-electron chi connectivity index (χ3n) is 6.55. The van der Waals surface area contributed by atoms with Crippen LogP contribution in [-0.2, 0) is 0 Å². The smallest absolute Gasteiger partial charge is 0.00180 e. The summed E-state index contributed by atoms with van der Waals surface area (Å²) in [7, 11) is 0. The molecule has 92 valence electrons. The highest BCUT2D eigenvalue weighted by Crippen LogP contribution is 2.66. The molecule has 1 atom stereocenters. The van der Waals surface area contributed by atoms with Crippen molar-refractivity contribution in [3.8, 4) is 0 Å². The van der Waals surface area contributed by atoms with Crippen LogP contribution in [0.1, 0.15) is 58.8 Å². The first-order valence-electron chi connectivity index (χ1n) is 7.31. The number of nitrogens with two attached hydrogens (primary N) is 1. The largest absolute Gasteiger partial charge is 0.330 e. The Morgan fingerprint density at radius 3 is 1.81 bits per heavy atom. The van der Waals surface area contributed by atoms with E-state index in [1.807, 2.05) is 0 Å². The van der Waals surface area contributed by atoms with Gasteiger partial charge in [-0.3, -0.25) is 0 Å². The second-order valence-electron chi connectivity index (χ2n) is 7.32. The predicted octanol–water partition coefficient (Wildman–Crippen LogP) is 3.58. The minimum atomic E-state index is 0.420. The molecule has 4 fully saturated rings. The minimum Gasteiger partial charge on any atom is -0.330 e. The third-order valence-corrected chi connectivity index (χ3v) is 6.55. The van der Waals surface area contributed by atoms with E-state index in [0.717, 1.165) is 24.3 Å². The molecule has 0 radical (unpaired) electrons. The molecule has 4 aliphatic carbocycles. The highest BCUT2D eigenvalue weighted by atomic mass is 14.7. The quantitative estimate of drug-likeness (QED) is 0.774. The fourth-order valence-corrected chi connectivity index (χ4v) is 5.59. The summed E-state index contributed by atoms with van der Waals surface area (Å²) >= 11 is 0. The van der Waals surface area contributed by atoms with Gasteiger partial charge in [0.15, 0.2) is 0 Å². The second kappa shape index (κ2) is 3.48. The molecule has 0 spiro atoms. The van der Waals surface area contributed by atoms with Crippen LogP contribution in [0.2, 0.25) is 0 Å². The van der Waals surface area contributed by atoms with Crippen molar-refractivity contribution < 1.29 is 0 Å². The summed E-state index contributed by atoms with van der Waals surface area (Å²) in [6, 6.07) is 0. The second-order valence-corrected chi connectivity index (χ2v) is 7.32. The molecule has 0 aromatic rings. The summed E-state index contributed by atoms with van der Waals surface area (Å²) in [6.07, 6.45) is 10.4. The standard InChI is InChI=1S/C15H27N/c1-3-14(2,10-16)15-7-11-4-12(8-15)6-13(5-11)9-15/h11-13H,3-10,16H2,1-2H3. The molecule has 0 saturated heterocycles. The van der Waals surface area contributed by atoms with E-state index in [9.17, 15) is 0 Å². The molecule has 4 rings (SSSR count). The van der Waals surface area contributed by atoms with Crippen LogP contribution in [0, 0.1) is 28.6 Å². The number of hydrogen-bond acceptors (Lipinski definition) is 1. The van der Waals surface area contributed by atoms with E-state index in [2.05, 4.69) is 13.8 Å². The molecule has 4 bridgehead atoms. The van der Waals surface area contributed by atoms with Crippen LogP contribution in [0.4, 0.5) is 0 Å². The topological polar surface area (TPSA) is 26.0 Å². The van der Waals surface area contributed by atoms with Crippen LogP contribution >= 0.6 is 0 Å². The van der Waals surface area contributed by atoms with Gasteiger partial charge in [0.05, 0.1) is 0 Å². The SMILES string of the molecule is CCC(C)(CN)C12CC3CC(CC(C3)C1)C2. The van der Waals surface area contributed by atoms with Gasteiger partial charge in [-0.2, -0.15) is 0 Å². The van der Waals surface area contributed by atoms with Crippen molar-refractivity contribution in [2.24, 2.45) is 34.3 Å². The maximum absolute atomic E-state index is 6.14. The molecule has 16 heavy (non-hydrogen) atoms. The predicted molar refractivity (Wildman–Crippen MR) is 68.1 cm³/mol. The van der Waals surface area contributed by atoms with E-state index in [0.29, 0.717) is 10.8 Å². The average molecular weight is 221 g/mol. The van der Waals surface area contributed by atoms with Crippen molar-refractivity contribution in [2.75, 3.05) is 6.54 Å². The van der Waals surface area contributed by atoms with Gasteiger partial charge in [-0.15, -0.1) is 0 Å². The Labute approximate surface area is 100 Å². The van der Waals surface area contributed by atoms with Gasteiger partial charge in [0.2, 0.25) is 0 Å². The van der Waals surface area contributed by atoms with Crippen LogP contribution in [0.3, 0.4) is 0 Å². The lowest BCUT2D eigenvalue weighted by molar-refractivity contribution is -0.123. The fourth-order valence-electron chi connectivity index (χ4n) is 5.59. The van der Waals surface area contributed by atoms with E-state index < -0.39 is 0 Å². The first-order valence-corrected chi connectivity index (χ1v) is 7.31. The van der Waals surface area contributed by atoms with Gasteiger partial charge in [-0.1, -0.05) is 13.8 Å². The maximum Gasteiger partial charge on any atom is -0.00180 e. The minimum absolute atomic E-state index is 0.420. The number of hydrogen-bond donors (Lipinski definition) is 1. The lowest BCUT2D eigenvalue weighted by Gasteiger charge is -2.63. The van der Waals surface area contributed by atoms with Crippen molar-refractivity contribution in [1.82, 2.24) is 0 Å². The molecule has 1 heteroatoms. The molecule has 0 aromatic heterocycles. The van der Waals surface area contributed by atoms with Gasteiger partial charge in [0.1, 0.15) is 0 Å². The average Bonchev–Trinajstić information content (AvgIpc) is 2.26. The Bertz CT molecular complexity index is 242. The Hall–Kier alpha value is -0.0400. The molecule has 0 aromatic carbocycles. The van der Waals surface area contributed by atoms with Crippen LogP contribution in [0.25, 0.3) is 0 Å². The molecular formula is C15H27N. The molecule has 0 aliphatic heterocycles. The fraction of sp³-hybridized carbons (Fsp3) is 1.00. The van der Waals surface area contributed by atoms with Gasteiger partial charge >= 0.3 is 0 Å². The maximum atomic E-state index is 6.14. The summed E-state index contributed by atoms with van der Waals surface area (Å²) in [5.74, 6) is 3.18. The summed E-state index contributed by atoms with van der Waals surface area (Å²) in [5, 5.41) is 0. The summed E-state index contributed by atoms with van der Waals surface area (Å²) in [6.45, 7) is 5.72. The van der Waals surface area contributed by atoms with Crippen LogP contribution < -0.4 is 5.73 Å². The van der Waals surface area contributed by atoms with Crippen molar-refractivity contribution in [1.29, 1.82) is 0 Å². The van der Waals surface area contributed by atoms with E-state index in [1.54, 1.807) is 19.3 Å². The van der Waals surface area contributed by atoms with Crippen LogP contribution in [0.15, 0.2) is 0 Å². The molecule has 4 saturated carbocycles. The van der Waals surface area contributed by atoms with Crippen LogP contribution in [0.5, 0.6) is 0 Å². The van der Waals surface area contributed by atoms with E-state index in [-0.39, 0.29) is 0 Å². The molecule has 2 N–H and O–H groups in total. The Morgan fingerprint density at radius 1 is 1.06 bits per heavy atom. The first kappa shape index (κ1) is 11.1. The first-order chi connectivity index (χ1) is 7.61. The summed E-state index contributed by atoms with van der Waals surface area (Å²) < 4.78 is 0. The van der Waals surface area contributed by atoms with E-state index in [4.69, 9.17) is 5.73 Å². The monoisotopic (exact) mass is 221 g/mol. The van der Waals surface area contributed by atoms with Crippen molar-refractivity contribution in [2.45, 2.75) is 58.8 Å². The zero-order chi connectivity index (χ0) is 11.4. The van der Waals surface area contributed by atoms with Crippen molar-refractivity contribution in [3.63, 3.8) is 0 Å². The molecule has 1 nitrogen and oxygen atoms in total. The van der Waals surface area contributed by atoms with E-state index >= 15 is 0 Å². The Kier molecular flexibility index (Phi) is 2.41. The van der Waals surface area contributed by atoms with Gasteiger partial charge in [0, 0.05) is 0 Å². The summed E-state index contributed by atoms with van der Waals surface area (Å²) in [4.78, 5) is 0. The molecule has 0 amide bonds. The summed E-state index contributed by atoms with van der Waals surface area (Å²) in [5.41, 5.74) is 7.19. The molecule has 1 unspecified atom stereocenters. The lowest BCUT2D eigenvalue weighted by atomic mass is 9.42. The molecule has 0 heterocycles. The number of rotatable bonds is 3. The zero-order valence-electron chi connectivity index (χ0n) is 11.0. The van der Waals surface area contributed by atoms with Crippen molar-refractivity contribution in [3.05, 3.63) is 0 Å². The van der Waals surface area contributed by atoms with Gasteiger partial charge in [-0.25, -0.2) is 0 Å². The van der Waals surface area contributed by atoms with Gasteiger partial charge < -0.3 is 5.73 Å². The molecule has 4 aliphatic rings. The third kappa shape index (κ3) is 1.33. The van der Waals surface area contributed by atoms with Gasteiger partial charge in [-0.05, 0) is 80.1 Å². The van der Waals surface area contributed by atoms with Crippen molar-refractivity contribution >= 4 is 0 Å².